The molecule has 7 nitrogen and oxygen atoms in total. The third kappa shape index (κ3) is 4.50. The van der Waals surface area contributed by atoms with Gasteiger partial charge in [-0.05, 0) is 68.9 Å². The molecule has 2 atom stereocenters. The van der Waals surface area contributed by atoms with Crippen molar-refractivity contribution in [3.8, 4) is 0 Å². The first-order valence-corrected chi connectivity index (χ1v) is 15.1. The molecule has 0 spiro atoms. The second-order valence-electron chi connectivity index (χ2n) is 12.1. The number of alkyl halides is 2. The summed E-state index contributed by atoms with van der Waals surface area (Å²) in [6.45, 7) is 2.41. The fourth-order valence-corrected chi connectivity index (χ4v) is 8.65. The zero-order valence-electron chi connectivity index (χ0n) is 22.1. The van der Waals surface area contributed by atoms with Crippen molar-refractivity contribution >= 4 is 33.4 Å². The standard InChI is InChI=1S/C28H30ClF3N4O3S/c1-26(2)23(25(37)35-15-28(31,32)16-35)33-24(34-26)20-13-27(11-18(20)12-27)36(14-17-8-9-21(29)22(30)10-17)40(38,39)19-6-4-3-5-7-19/h3-10,18,20,23H,11-16H2,1-2H3,(H,33,34)/t18?,20-,23-,27?/m0/s1. The summed E-state index contributed by atoms with van der Waals surface area (Å²) in [4.78, 5) is 19.0. The van der Waals surface area contributed by atoms with E-state index in [1.807, 2.05) is 13.8 Å². The van der Waals surface area contributed by atoms with Gasteiger partial charge in [0.2, 0.25) is 15.9 Å². The smallest absolute Gasteiger partial charge is 0.282 e. The first-order chi connectivity index (χ1) is 18.7. The molecule has 3 aliphatic carbocycles. The van der Waals surface area contributed by atoms with Crippen molar-refractivity contribution < 1.29 is 26.4 Å². The number of likely N-dealkylation sites (tertiary alicyclic amines) is 1. The van der Waals surface area contributed by atoms with Crippen molar-refractivity contribution in [1.82, 2.24) is 14.5 Å². The largest absolute Gasteiger partial charge is 0.366 e. The highest BCUT2D eigenvalue weighted by molar-refractivity contribution is 7.89. The zero-order chi connectivity index (χ0) is 28.7. The molecule has 214 valence electrons. The van der Waals surface area contributed by atoms with Gasteiger partial charge in [0.25, 0.3) is 5.92 Å². The molecule has 2 aromatic rings. The van der Waals surface area contributed by atoms with Gasteiger partial charge in [0.05, 0.1) is 28.5 Å². The first-order valence-electron chi connectivity index (χ1n) is 13.3. The second-order valence-corrected chi connectivity index (χ2v) is 14.4. The molecule has 1 N–H and O–H groups in total. The number of nitrogens with one attached hydrogen (secondary N) is 1. The quantitative estimate of drug-likeness (QED) is 0.513. The third-order valence-electron chi connectivity index (χ3n) is 8.77. The van der Waals surface area contributed by atoms with Gasteiger partial charge in [-0.1, -0.05) is 35.9 Å². The molecular formula is C28H30ClF3N4O3S. The SMILES string of the molecule is CC1(C)NC([C@H]2CC3(N(Cc4ccc(Cl)c(F)c4)S(=O)(=O)c4ccccc4)CC2C3)=N[C@H]1C(=O)N1CC(F)(F)C1. The van der Waals surface area contributed by atoms with E-state index in [9.17, 15) is 26.4 Å². The lowest BCUT2D eigenvalue weighted by Crippen LogP contribution is -2.63. The van der Waals surface area contributed by atoms with Crippen LogP contribution < -0.4 is 5.32 Å². The molecule has 0 radical (unpaired) electrons. The number of hydrogen-bond acceptors (Lipinski definition) is 5. The number of carbonyl (C=O) groups is 1. The van der Waals surface area contributed by atoms with Crippen LogP contribution in [0.3, 0.4) is 0 Å². The van der Waals surface area contributed by atoms with Gasteiger partial charge in [0.1, 0.15) is 11.7 Å². The maximum atomic E-state index is 14.3. The fraction of sp³-hybridized carbons (Fsp3) is 0.500. The number of fused-ring (bicyclic) bond motifs is 1. The number of benzene rings is 2. The van der Waals surface area contributed by atoms with Crippen LogP contribution >= 0.6 is 11.6 Å². The van der Waals surface area contributed by atoms with Crippen molar-refractivity contribution in [2.24, 2.45) is 16.8 Å². The average Bonchev–Trinajstić information content (AvgIpc) is 3.52. The lowest BCUT2D eigenvalue weighted by molar-refractivity contribution is -0.167. The van der Waals surface area contributed by atoms with Gasteiger partial charge in [-0.25, -0.2) is 21.6 Å². The minimum absolute atomic E-state index is 0.0273. The molecule has 12 heteroatoms. The number of hydrogen-bond donors (Lipinski definition) is 1. The van der Waals surface area contributed by atoms with Crippen LogP contribution in [-0.4, -0.2) is 65.5 Å². The Bertz CT molecular complexity index is 1490. The van der Waals surface area contributed by atoms with Crippen LogP contribution in [-0.2, 0) is 21.4 Å². The summed E-state index contributed by atoms with van der Waals surface area (Å²) in [7, 11) is -3.95. The van der Waals surface area contributed by atoms with E-state index < -0.39 is 57.9 Å². The van der Waals surface area contributed by atoms with Crippen LogP contribution in [0.1, 0.15) is 38.7 Å². The Balaban J connectivity index is 1.28. The number of aliphatic imine (C=N–C) groups is 1. The molecule has 0 aromatic heterocycles. The van der Waals surface area contributed by atoms with Crippen LogP contribution in [0.25, 0.3) is 0 Å². The molecule has 5 aliphatic rings. The summed E-state index contributed by atoms with van der Waals surface area (Å²) in [6.07, 6.45) is 1.67. The number of sulfonamides is 1. The van der Waals surface area contributed by atoms with Crippen molar-refractivity contribution in [3.63, 3.8) is 0 Å². The monoisotopic (exact) mass is 594 g/mol. The van der Waals surface area contributed by atoms with Crippen molar-refractivity contribution in [2.75, 3.05) is 13.1 Å². The maximum absolute atomic E-state index is 14.3. The van der Waals surface area contributed by atoms with Crippen molar-refractivity contribution in [2.45, 2.75) is 67.6 Å². The van der Waals surface area contributed by atoms with E-state index in [1.54, 1.807) is 36.4 Å². The summed E-state index contributed by atoms with van der Waals surface area (Å²) in [6, 6.07) is 11.6. The minimum Gasteiger partial charge on any atom is -0.366 e. The summed E-state index contributed by atoms with van der Waals surface area (Å²) >= 11 is 5.87. The summed E-state index contributed by atoms with van der Waals surface area (Å²) < 4.78 is 70.6. The van der Waals surface area contributed by atoms with Crippen molar-refractivity contribution in [3.05, 3.63) is 64.9 Å². The van der Waals surface area contributed by atoms with Crippen LogP contribution in [0, 0.1) is 17.7 Å². The van der Waals surface area contributed by atoms with Crippen LogP contribution in [0.15, 0.2) is 58.4 Å². The fourth-order valence-electron chi connectivity index (χ4n) is 6.72. The molecule has 2 aliphatic heterocycles. The van der Waals surface area contributed by atoms with Crippen LogP contribution in [0.4, 0.5) is 13.2 Å². The van der Waals surface area contributed by atoms with Crippen LogP contribution in [0.2, 0.25) is 5.02 Å². The Morgan fingerprint density at radius 2 is 1.80 bits per heavy atom. The number of halogens is 4. The maximum Gasteiger partial charge on any atom is 0.282 e. The molecule has 0 unspecified atom stereocenters. The third-order valence-corrected chi connectivity index (χ3v) is 11.0. The first kappa shape index (κ1) is 27.5. The lowest BCUT2D eigenvalue weighted by Gasteiger charge is -2.46. The Labute approximate surface area is 236 Å². The van der Waals surface area contributed by atoms with E-state index in [2.05, 4.69) is 5.32 Å². The highest BCUT2D eigenvalue weighted by atomic mass is 35.5. The van der Waals surface area contributed by atoms with E-state index >= 15 is 0 Å². The number of rotatable bonds is 7. The Morgan fingerprint density at radius 1 is 1.12 bits per heavy atom. The van der Waals surface area contributed by atoms with Crippen molar-refractivity contribution in [1.29, 1.82) is 0 Å². The Hall–Kier alpha value is -2.63. The van der Waals surface area contributed by atoms with E-state index in [0.717, 1.165) is 4.90 Å². The van der Waals surface area contributed by atoms with E-state index in [-0.39, 0.29) is 28.3 Å². The Kier molecular flexibility index (Phi) is 6.33. The molecule has 2 bridgehead atoms. The molecule has 4 fully saturated rings. The normalized spacial score (nSPS) is 29.9. The molecular weight excluding hydrogens is 565 g/mol. The number of nitrogens with zero attached hydrogens (tertiary/aromatic N) is 3. The molecule has 2 aromatic carbocycles. The second kappa shape index (κ2) is 9.19. The topological polar surface area (TPSA) is 82.1 Å². The predicted molar refractivity (Wildman–Crippen MR) is 144 cm³/mol. The highest BCUT2D eigenvalue weighted by Crippen LogP contribution is 2.60. The Morgan fingerprint density at radius 3 is 2.42 bits per heavy atom. The number of amidine groups is 1. The van der Waals surface area contributed by atoms with Gasteiger partial charge in [-0.2, -0.15) is 4.31 Å². The van der Waals surface area contributed by atoms with Gasteiger partial charge < -0.3 is 10.2 Å². The molecule has 1 saturated heterocycles. The highest BCUT2D eigenvalue weighted by Gasteiger charge is 2.64. The number of carbonyl (C=O) groups excluding carboxylic acids is 1. The minimum atomic E-state index is -3.95. The zero-order valence-corrected chi connectivity index (χ0v) is 23.7. The summed E-state index contributed by atoms with van der Waals surface area (Å²) in [5.41, 5.74) is -0.999. The molecule has 2 heterocycles. The molecule has 7 rings (SSSR count). The van der Waals surface area contributed by atoms with Gasteiger partial charge in [0.15, 0.2) is 6.04 Å². The van der Waals surface area contributed by atoms with Gasteiger partial charge in [-0.3, -0.25) is 9.79 Å². The van der Waals surface area contributed by atoms with E-state index in [1.165, 1.54) is 16.4 Å². The lowest BCUT2D eigenvalue weighted by atomic mass is 9.76. The van der Waals surface area contributed by atoms with E-state index in [4.69, 9.17) is 16.6 Å². The van der Waals surface area contributed by atoms with Gasteiger partial charge >= 0.3 is 0 Å². The van der Waals surface area contributed by atoms with Gasteiger partial charge in [-0.15, -0.1) is 0 Å². The molecule has 1 amide bonds. The summed E-state index contributed by atoms with van der Waals surface area (Å²) in [5, 5.41) is 3.32. The summed E-state index contributed by atoms with van der Waals surface area (Å²) in [5.74, 6) is -3.28. The van der Waals surface area contributed by atoms with E-state index in [0.29, 0.717) is 30.7 Å². The van der Waals surface area contributed by atoms with Crippen LogP contribution in [0.5, 0.6) is 0 Å². The average molecular weight is 595 g/mol. The molecule has 40 heavy (non-hydrogen) atoms. The molecule has 3 saturated carbocycles. The predicted octanol–water partition coefficient (Wildman–Crippen LogP) is 4.47. The number of amides is 1. The van der Waals surface area contributed by atoms with Gasteiger partial charge in [0, 0.05) is 18.0 Å².